The molecule has 30 heavy (non-hydrogen) atoms. The summed E-state index contributed by atoms with van der Waals surface area (Å²) in [6, 6.07) is 21.6. The third-order valence-electron chi connectivity index (χ3n) is 7.52. The average Bonchev–Trinajstić information content (AvgIpc) is 3.20. The van der Waals surface area contributed by atoms with Crippen molar-refractivity contribution in [2.24, 2.45) is 0 Å². The number of fused-ring (bicyclic) bond motifs is 1. The van der Waals surface area contributed by atoms with Gasteiger partial charge in [-0.05, 0) is 55.9 Å². The van der Waals surface area contributed by atoms with E-state index in [1.54, 1.807) is 0 Å². The standard InChI is InChI=1S/C28H36N2/c1-4-12-24(13-5-1)29(25-14-6-2-7-15-25)21-20-23-22-30(26-16-8-3-9-17-26)28-19-11-10-18-27(23)28/h1,4-5,10-13,18-19,22,25-26H,2-3,6-9,14-17,20-21H2. The molecule has 0 radical (unpaired) electrons. The van der Waals surface area contributed by atoms with Crippen LogP contribution in [0.5, 0.6) is 0 Å². The highest BCUT2D eigenvalue weighted by molar-refractivity contribution is 5.84. The van der Waals surface area contributed by atoms with E-state index in [-0.39, 0.29) is 0 Å². The van der Waals surface area contributed by atoms with Gasteiger partial charge in [-0.15, -0.1) is 0 Å². The highest BCUT2D eigenvalue weighted by atomic mass is 15.2. The zero-order valence-corrected chi connectivity index (χ0v) is 18.3. The summed E-state index contributed by atoms with van der Waals surface area (Å²) >= 11 is 0. The molecule has 1 aromatic heterocycles. The molecule has 0 bridgehead atoms. The normalized spacial score (nSPS) is 18.7. The minimum absolute atomic E-state index is 0.695. The molecule has 0 N–H and O–H groups in total. The number of rotatable bonds is 6. The first-order valence-electron chi connectivity index (χ1n) is 12.3. The Morgan fingerprint density at radius 1 is 0.733 bits per heavy atom. The van der Waals surface area contributed by atoms with Gasteiger partial charge in [0.2, 0.25) is 0 Å². The van der Waals surface area contributed by atoms with Gasteiger partial charge in [0, 0.05) is 41.4 Å². The van der Waals surface area contributed by atoms with Crippen LogP contribution in [0.3, 0.4) is 0 Å². The molecule has 0 atom stereocenters. The number of aromatic nitrogens is 1. The van der Waals surface area contributed by atoms with E-state index < -0.39 is 0 Å². The van der Waals surface area contributed by atoms with Crippen LogP contribution in [-0.2, 0) is 6.42 Å². The molecule has 2 aromatic carbocycles. The third-order valence-corrected chi connectivity index (χ3v) is 7.52. The lowest BCUT2D eigenvalue weighted by molar-refractivity contribution is 0.360. The van der Waals surface area contributed by atoms with Gasteiger partial charge in [-0.25, -0.2) is 0 Å². The summed E-state index contributed by atoms with van der Waals surface area (Å²) in [5, 5.41) is 1.47. The fourth-order valence-electron chi connectivity index (χ4n) is 5.91. The van der Waals surface area contributed by atoms with Gasteiger partial charge in [-0.1, -0.05) is 74.9 Å². The van der Waals surface area contributed by atoms with Crippen LogP contribution in [0, 0.1) is 0 Å². The number of hydrogen-bond donors (Lipinski definition) is 0. The monoisotopic (exact) mass is 400 g/mol. The van der Waals surface area contributed by atoms with Crippen molar-refractivity contribution in [3.8, 4) is 0 Å². The molecule has 2 heteroatoms. The molecular formula is C28H36N2. The second kappa shape index (κ2) is 9.29. The summed E-state index contributed by atoms with van der Waals surface area (Å²) in [7, 11) is 0. The van der Waals surface area contributed by atoms with Crippen LogP contribution in [-0.4, -0.2) is 17.2 Å². The number of para-hydroxylation sites is 2. The van der Waals surface area contributed by atoms with Crippen molar-refractivity contribution in [3.63, 3.8) is 0 Å². The van der Waals surface area contributed by atoms with Gasteiger partial charge in [0.25, 0.3) is 0 Å². The first-order valence-corrected chi connectivity index (χ1v) is 12.3. The Balaban J connectivity index is 1.41. The molecule has 0 aliphatic heterocycles. The highest BCUT2D eigenvalue weighted by Gasteiger charge is 2.23. The van der Waals surface area contributed by atoms with E-state index in [0.717, 1.165) is 13.0 Å². The maximum absolute atomic E-state index is 2.71. The molecule has 0 spiro atoms. The summed E-state index contributed by atoms with van der Waals surface area (Å²) < 4.78 is 2.62. The van der Waals surface area contributed by atoms with Crippen molar-refractivity contribution in [2.75, 3.05) is 11.4 Å². The molecule has 1 heterocycles. The van der Waals surface area contributed by atoms with Crippen molar-refractivity contribution in [1.82, 2.24) is 4.57 Å². The Labute approximate surface area is 181 Å². The Bertz CT molecular complexity index is 930. The summed E-state index contributed by atoms with van der Waals surface area (Å²) in [6.45, 7) is 1.12. The second-order valence-electron chi connectivity index (χ2n) is 9.44. The van der Waals surface area contributed by atoms with Crippen molar-refractivity contribution in [2.45, 2.75) is 82.7 Å². The van der Waals surface area contributed by atoms with E-state index in [4.69, 9.17) is 0 Å². The Hall–Kier alpha value is -2.22. The predicted molar refractivity (Wildman–Crippen MR) is 128 cm³/mol. The van der Waals surface area contributed by atoms with Crippen molar-refractivity contribution < 1.29 is 0 Å². The third kappa shape index (κ3) is 4.15. The molecule has 0 unspecified atom stereocenters. The first kappa shape index (κ1) is 19.7. The topological polar surface area (TPSA) is 8.17 Å². The smallest absolute Gasteiger partial charge is 0.0485 e. The molecule has 2 aliphatic rings. The van der Waals surface area contributed by atoms with E-state index in [1.165, 1.54) is 86.4 Å². The molecule has 2 saturated carbocycles. The lowest BCUT2D eigenvalue weighted by Gasteiger charge is -2.36. The average molecular weight is 401 g/mol. The number of anilines is 1. The molecule has 2 nitrogen and oxygen atoms in total. The molecule has 3 aromatic rings. The van der Waals surface area contributed by atoms with Gasteiger partial charge in [-0.3, -0.25) is 0 Å². The molecular weight excluding hydrogens is 364 g/mol. The summed E-state index contributed by atoms with van der Waals surface area (Å²) in [5.41, 5.74) is 4.39. The van der Waals surface area contributed by atoms with Gasteiger partial charge in [0.15, 0.2) is 0 Å². The maximum atomic E-state index is 2.71. The number of hydrogen-bond acceptors (Lipinski definition) is 1. The van der Waals surface area contributed by atoms with Crippen LogP contribution >= 0.6 is 0 Å². The van der Waals surface area contributed by atoms with Gasteiger partial charge < -0.3 is 9.47 Å². The van der Waals surface area contributed by atoms with Crippen molar-refractivity contribution in [3.05, 3.63) is 66.4 Å². The lowest BCUT2D eigenvalue weighted by atomic mass is 9.93. The minimum atomic E-state index is 0.695. The van der Waals surface area contributed by atoms with Crippen LogP contribution in [0.4, 0.5) is 5.69 Å². The molecule has 0 amide bonds. The summed E-state index contributed by atoms with van der Waals surface area (Å²) in [5.74, 6) is 0. The highest BCUT2D eigenvalue weighted by Crippen LogP contribution is 2.34. The van der Waals surface area contributed by atoms with Crippen LogP contribution < -0.4 is 4.90 Å². The minimum Gasteiger partial charge on any atom is -0.368 e. The zero-order chi connectivity index (χ0) is 20.2. The molecule has 2 aliphatic carbocycles. The van der Waals surface area contributed by atoms with Gasteiger partial charge in [0.1, 0.15) is 0 Å². The maximum Gasteiger partial charge on any atom is 0.0485 e. The van der Waals surface area contributed by atoms with Crippen LogP contribution in [0.25, 0.3) is 10.9 Å². The molecule has 158 valence electrons. The van der Waals surface area contributed by atoms with E-state index in [1.807, 2.05) is 0 Å². The lowest BCUT2D eigenvalue weighted by Crippen LogP contribution is -2.38. The largest absolute Gasteiger partial charge is 0.368 e. The van der Waals surface area contributed by atoms with Crippen molar-refractivity contribution in [1.29, 1.82) is 0 Å². The Kier molecular flexibility index (Phi) is 6.11. The first-order chi connectivity index (χ1) is 14.9. The SMILES string of the molecule is c1ccc(N(CCc2cn(C3CCCCC3)c3ccccc23)C2CCCCC2)cc1. The van der Waals surface area contributed by atoms with Crippen LogP contribution in [0.2, 0.25) is 0 Å². The molecule has 0 saturated heterocycles. The molecule has 2 fully saturated rings. The van der Waals surface area contributed by atoms with E-state index in [0.29, 0.717) is 12.1 Å². The predicted octanol–water partition coefficient (Wildman–Crippen LogP) is 7.53. The number of benzene rings is 2. The quantitative estimate of drug-likeness (QED) is 0.415. The van der Waals surface area contributed by atoms with E-state index in [9.17, 15) is 0 Å². The van der Waals surface area contributed by atoms with Gasteiger partial charge >= 0.3 is 0 Å². The Morgan fingerprint density at radius 2 is 1.40 bits per heavy atom. The van der Waals surface area contributed by atoms with E-state index >= 15 is 0 Å². The fraction of sp³-hybridized carbons (Fsp3) is 0.500. The van der Waals surface area contributed by atoms with Gasteiger partial charge in [-0.2, -0.15) is 0 Å². The van der Waals surface area contributed by atoms with Crippen LogP contribution in [0.15, 0.2) is 60.8 Å². The van der Waals surface area contributed by atoms with Gasteiger partial charge in [0.05, 0.1) is 0 Å². The zero-order valence-electron chi connectivity index (χ0n) is 18.3. The fourth-order valence-corrected chi connectivity index (χ4v) is 5.91. The van der Waals surface area contributed by atoms with Crippen LogP contribution in [0.1, 0.15) is 75.8 Å². The van der Waals surface area contributed by atoms with Crippen molar-refractivity contribution >= 4 is 16.6 Å². The second-order valence-corrected chi connectivity index (χ2v) is 9.44. The summed E-state index contributed by atoms with van der Waals surface area (Å²) in [6.07, 6.45) is 17.4. The van der Waals surface area contributed by atoms with E-state index in [2.05, 4.69) is 70.3 Å². The Morgan fingerprint density at radius 3 is 2.17 bits per heavy atom. The molecule has 5 rings (SSSR count). The number of nitrogens with zero attached hydrogens (tertiary/aromatic N) is 2. The summed E-state index contributed by atoms with van der Waals surface area (Å²) in [4.78, 5) is 2.71.